The van der Waals surface area contributed by atoms with Gasteiger partial charge in [0.15, 0.2) is 0 Å². The van der Waals surface area contributed by atoms with E-state index in [-0.39, 0.29) is 29.4 Å². The summed E-state index contributed by atoms with van der Waals surface area (Å²) < 4.78 is 1.83. The molecule has 7 nitrogen and oxygen atoms in total. The van der Waals surface area contributed by atoms with E-state index in [9.17, 15) is 9.59 Å². The Bertz CT molecular complexity index is 941. The Morgan fingerprint density at radius 2 is 2.10 bits per heavy atom. The van der Waals surface area contributed by atoms with Crippen molar-refractivity contribution in [2.45, 2.75) is 77.0 Å². The Hall–Kier alpha value is -2.67. The first-order chi connectivity index (χ1) is 14.9. The first-order valence-electron chi connectivity index (χ1n) is 11.3. The summed E-state index contributed by atoms with van der Waals surface area (Å²) in [6.45, 7) is 7.16. The van der Waals surface area contributed by atoms with Crippen LogP contribution in [0.2, 0.25) is 0 Å². The molecule has 2 aliphatic rings. The minimum atomic E-state index is -0.309. The number of anilines is 1. The van der Waals surface area contributed by atoms with Crippen LogP contribution in [0.25, 0.3) is 0 Å². The molecule has 2 N–H and O–H groups in total. The Morgan fingerprint density at radius 3 is 2.81 bits per heavy atom. The van der Waals surface area contributed by atoms with Crippen LogP contribution >= 0.6 is 0 Å². The predicted molar refractivity (Wildman–Crippen MR) is 121 cm³/mol. The Balaban J connectivity index is 1.55. The third-order valence-electron chi connectivity index (χ3n) is 6.76. The lowest BCUT2D eigenvalue weighted by Crippen LogP contribution is -2.54. The SMILES string of the molecule is CCn1cc(NC(=O)CN2[C@H](Cc3ccccc3)C[C@]3(C)NC(=O)CCC[C@H]23)c(C)n1. The van der Waals surface area contributed by atoms with Gasteiger partial charge in [0.05, 0.1) is 23.5 Å². The highest BCUT2D eigenvalue weighted by Crippen LogP contribution is 2.39. The first-order valence-corrected chi connectivity index (χ1v) is 11.3. The van der Waals surface area contributed by atoms with Gasteiger partial charge >= 0.3 is 0 Å². The van der Waals surface area contributed by atoms with Gasteiger partial charge in [-0.3, -0.25) is 19.2 Å². The van der Waals surface area contributed by atoms with E-state index in [0.29, 0.717) is 13.0 Å². The number of nitrogens with one attached hydrogen (secondary N) is 2. The fourth-order valence-electron chi connectivity index (χ4n) is 5.29. The second-order valence-electron chi connectivity index (χ2n) is 9.13. The van der Waals surface area contributed by atoms with Crippen molar-refractivity contribution < 1.29 is 9.59 Å². The van der Waals surface area contributed by atoms with E-state index in [4.69, 9.17) is 0 Å². The van der Waals surface area contributed by atoms with Gasteiger partial charge in [-0.25, -0.2) is 0 Å². The molecule has 31 heavy (non-hydrogen) atoms. The van der Waals surface area contributed by atoms with Crippen LogP contribution in [-0.4, -0.2) is 50.7 Å². The molecule has 0 radical (unpaired) electrons. The van der Waals surface area contributed by atoms with Gasteiger partial charge in [-0.15, -0.1) is 0 Å². The molecule has 2 saturated heterocycles. The second kappa shape index (κ2) is 8.83. The second-order valence-corrected chi connectivity index (χ2v) is 9.13. The maximum atomic E-state index is 13.1. The van der Waals surface area contributed by atoms with Crippen LogP contribution in [0.15, 0.2) is 36.5 Å². The van der Waals surface area contributed by atoms with Gasteiger partial charge in [-0.05, 0) is 52.0 Å². The fraction of sp³-hybridized carbons (Fsp3) is 0.542. The van der Waals surface area contributed by atoms with E-state index in [0.717, 1.165) is 43.6 Å². The summed E-state index contributed by atoms with van der Waals surface area (Å²) in [5, 5.41) is 10.8. The molecular weight excluding hydrogens is 390 g/mol. The number of fused-ring (bicyclic) bond motifs is 1. The molecule has 0 bridgehead atoms. The molecule has 3 atom stereocenters. The maximum Gasteiger partial charge on any atom is 0.238 e. The minimum Gasteiger partial charge on any atom is -0.349 e. The lowest BCUT2D eigenvalue weighted by atomic mass is 9.89. The Labute approximate surface area is 184 Å². The van der Waals surface area contributed by atoms with Crippen molar-refractivity contribution in [2.75, 3.05) is 11.9 Å². The monoisotopic (exact) mass is 423 g/mol. The minimum absolute atomic E-state index is 0.0309. The molecule has 4 rings (SSSR count). The van der Waals surface area contributed by atoms with Gasteiger partial charge in [-0.1, -0.05) is 30.3 Å². The predicted octanol–water partition coefficient (Wildman–Crippen LogP) is 2.89. The van der Waals surface area contributed by atoms with Crippen LogP contribution < -0.4 is 10.6 Å². The number of nitrogens with zero attached hydrogens (tertiary/aromatic N) is 3. The molecule has 7 heteroatoms. The number of hydrogen-bond acceptors (Lipinski definition) is 4. The van der Waals surface area contributed by atoms with Crippen LogP contribution in [0.4, 0.5) is 5.69 Å². The third kappa shape index (κ3) is 4.66. The molecule has 3 heterocycles. The van der Waals surface area contributed by atoms with Crippen molar-refractivity contribution in [3.8, 4) is 0 Å². The van der Waals surface area contributed by atoms with Gasteiger partial charge in [0.1, 0.15) is 0 Å². The van der Waals surface area contributed by atoms with Crippen molar-refractivity contribution in [1.82, 2.24) is 20.0 Å². The fourth-order valence-corrected chi connectivity index (χ4v) is 5.29. The van der Waals surface area contributed by atoms with Crippen LogP contribution in [-0.2, 0) is 22.6 Å². The quantitative estimate of drug-likeness (QED) is 0.749. The molecule has 0 spiro atoms. The summed E-state index contributed by atoms with van der Waals surface area (Å²) >= 11 is 0. The molecule has 0 unspecified atom stereocenters. The number of likely N-dealkylation sites (tertiary alicyclic amines) is 1. The smallest absolute Gasteiger partial charge is 0.238 e. The highest BCUT2D eigenvalue weighted by molar-refractivity contribution is 5.92. The van der Waals surface area contributed by atoms with Crippen molar-refractivity contribution in [2.24, 2.45) is 0 Å². The molecule has 2 aliphatic heterocycles. The lowest BCUT2D eigenvalue weighted by Gasteiger charge is -2.34. The number of benzene rings is 1. The molecule has 0 saturated carbocycles. The third-order valence-corrected chi connectivity index (χ3v) is 6.76. The summed E-state index contributed by atoms with van der Waals surface area (Å²) in [7, 11) is 0. The molecular formula is C24H33N5O2. The van der Waals surface area contributed by atoms with Crippen LogP contribution in [0.5, 0.6) is 0 Å². The average Bonchev–Trinajstić information content (AvgIpc) is 3.14. The van der Waals surface area contributed by atoms with E-state index in [2.05, 4.69) is 51.8 Å². The summed E-state index contributed by atoms with van der Waals surface area (Å²) in [5.41, 5.74) is 2.53. The van der Waals surface area contributed by atoms with E-state index in [1.165, 1.54) is 5.56 Å². The number of hydrogen-bond donors (Lipinski definition) is 2. The molecule has 2 aromatic rings. The van der Waals surface area contributed by atoms with Crippen LogP contribution in [0, 0.1) is 6.92 Å². The van der Waals surface area contributed by atoms with Gasteiger partial charge in [-0.2, -0.15) is 5.10 Å². The van der Waals surface area contributed by atoms with Gasteiger partial charge in [0.25, 0.3) is 0 Å². The largest absolute Gasteiger partial charge is 0.349 e. The number of aromatic nitrogens is 2. The number of amides is 2. The molecule has 2 amide bonds. The Kier molecular flexibility index (Phi) is 6.14. The zero-order chi connectivity index (χ0) is 22.0. The van der Waals surface area contributed by atoms with Crippen molar-refractivity contribution in [3.63, 3.8) is 0 Å². The normalized spacial score (nSPS) is 26.2. The molecule has 2 fully saturated rings. The van der Waals surface area contributed by atoms with Crippen molar-refractivity contribution in [1.29, 1.82) is 0 Å². The molecule has 1 aromatic carbocycles. The topological polar surface area (TPSA) is 79.3 Å². The van der Waals surface area contributed by atoms with Crippen LogP contribution in [0.3, 0.4) is 0 Å². The lowest BCUT2D eigenvalue weighted by molar-refractivity contribution is -0.122. The number of carbonyl (C=O) groups is 2. The summed E-state index contributed by atoms with van der Waals surface area (Å²) in [4.78, 5) is 27.7. The van der Waals surface area contributed by atoms with Crippen molar-refractivity contribution in [3.05, 3.63) is 47.8 Å². The first kappa shape index (κ1) is 21.6. The highest BCUT2D eigenvalue weighted by Gasteiger charge is 2.50. The highest BCUT2D eigenvalue weighted by atomic mass is 16.2. The number of carbonyl (C=O) groups excluding carboxylic acids is 2. The summed E-state index contributed by atoms with van der Waals surface area (Å²) in [6, 6.07) is 10.7. The molecule has 1 aromatic heterocycles. The van der Waals surface area contributed by atoms with E-state index >= 15 is 0 Å². The summed E-state index contributed by atoms with van der Waals surface area (Å²) in [6.07, 6.45) is 5.92. The van der Waals surface area contributed by atoms with E-state index in [1.54, 1.807) is 0 Å². The van der Waals surface area contributed by atoms with Gasteiger partial charge in [0, 0.05) is 31.2 Å². The van der Waals surface area contributed by atoms with E-state index in [1.807, 2.05) is 30.8 Å². The number of rotatable bonds is 6. The van der Waals surface area contributed by atoms with E-state index < -0.39 is 0 Å². The molecule has 0 aliphatic carbocycles. The molecule has 166 valence electrons. The van der Waals surface area contributed by atoms with Gasteiger partial charge in [0.2, 0.25) is 11.8 Å². The number of aryl methyl sites for hydroxylation is 2. The average molecular weight is 424 g/mol. The standard InChI is InChI=1S/C24H33N5O2/c1-4-28-15-20(17(2)27-28)25-23(31)16-29-19(13-18-9-6-5-7-10-18)14-24(3)21(29)11-8-12-22(30)26-24/h5-7,9-10,15,19,21H,4,8,11-14,16H2,1-3H3,(H,25,31)(H,26,30)/t19-,21+,24+/m1/s1. The zero-order valence-corrected chi connectivity index (χ0v) is 18.7. The zero-order valence-electron chi connectivity index (χ0n) is 18.7. The Morgan fingerprint density at radius 1 is 1.32 bits per heavy atom. The van der Waals surface area contributed by atoms with Crippen molar-refractivity contribution >= 4 is 17.5 Å². The van der Waals surface area contributed by atoms with Gasteiger partial charge < -0.3 is 10.6 Å². The maximum absolute atomic E-state index is 13.1. The van der Waals surface area contributed by atoms with Crippen LogP contribution in [0.1, 0.15) is 50.8 Å². The summed E-state index contributed by atoms with van der Waals surface area (Å²) in [5.74, 6) is 0.0917.